The number of amides is 1. The summed E-state index contributed by atoms with van der Waals surface area (Å²) in [5.74, 6) is 0.360. The molecule has 1 aliphatic rings. The van der Waals surface area contributed by atoms with Crippen molar-refractivity contribution >= 4 is 11.6 Å². The molecule has 0 atom stereocenters. The van der Waals surface area contributed by atoms with Crippen molar-refractivity contribution in [3.05, 3.63) is 29.3 Å². The summed E-state index contributed by atoms with van der Waals surface area (Å²) in [6, 6.07) is 6.15. The van der Waals surface area contributed by atoms with Crippen LogP contribution in [0.15, 0.2) is 18.2 Å². The Morgan fingerprint density at radius 3 is 2.50 bits per heavy atom. The van der Waals surface area contributed by atoms with E-state index in [4.69, 9.17) is 5.73 Å². The van der Waals surface area contributed by atoms with Crippen molar-refractivity contribution in [2.24, 2.45) is 5.73 Å². The topological polar surface area (TPSA) is 55.1 Å². The average molecular weight is 274 g/mol. The maximum atomic E-state index is 12.6. The van der Waals surface area contributed by atoms with Crippen LogP contribution in [-0.4, -0.2) is 11.4 Å². The van der Waals surface area contributed by atoms with E-state index in [9.17, 15) is 4.79 Å². The molecule has 1 amide bonds. The zero-order chi connectivity index (χ0) is 14.8. The first kappa shape index (κ1) is 15.0. The number of nitrogens with one attached hydrogen (secondary N) is 1. The van der Waals surface area contributed by atoms with Crippen LogP contribution in [0, 0.1) is 6.92 Å². The van der Waals surface area contributed by atoms with Gasteiger partial charge >= 0.3 is 0 Å². The molecule has 0 aromatic heterocycles. The van der Waals surface area contributed by atoms with Gasteiger partial charge in [-0.2, -0.15) is 0 Å². The predicted molar refractivity (Wildman–Crippen MR) is 83.9 cm³/mol. The molecule has 1 fully saturated rings. The van der Waals surface area contributed by atoms with Crippen molar-refractivity contribution in [1.82, 2.24) is 0 Å². The highest BCUT2D eigenvalue weighted by atomic mass is 16.2. The van der Waals surface area contributed by atoms with Crippen molar-refractivity contribution in [3.63, 3.8) is 0 Å². The van der Waals surface area contributed by atoms with Gasteiger partial charge in [-0.05, 0) is 36.8 Å². The number of hydrogen-bond donors (Lipinski definition) is 2. The lowest BCUT2D eigenvalue weighted by Crippen LogP contribution is -2.52. The normalized spacial score (nSPS) is 18.1. The van der Waals surface area contributed by atoms with Crippen LogP contribution >= 0.6 is 0 Å². The molecule has 1 aromatic rings. The van der Waals surface area contributed by atoms with Crippen LogP contribution in [0.1, 0.15) is 63.0 Å². The Hall–Kier alpha value is -1.35. The fraction of sp³-hybridized carbons (Fsp3) is 0.588. The summed E-state index contributed by atoms with van der Waals surface area (Å²) in [6.07, 6.45) is 4.88. The third kappa shape index (κ3) is 3.04. The van der Waals surface area contributed by atoms with Crippen LogP contribution in [0.25, 0.3) is 0 Å². The Morgan fingerprint density at radius 2 is 1.90 bits per heavy atom. The average Bonchev–Trinajstić information content (AvgIpc) is 2.41. The standard InChI is InChI=1S/C17H26N2O/c1-12(2)14-9-7-8-13(3)15(14)19-16(20)17(18)10-5-4-6-11-17/h7-9,12H,4-6,10-11,18H2,1-3H3,(H,19,20). The van der Waals surface area contributed by atoms with Gasteiger partial charge in [0.1, 0.15) is 0 Å². The molecule has 3 heteroatoms. The van der Waals surface area contributed by atoms with Crippen molar-refractivity contribution in [1.29, 1.82) is 0 Å². The summed E-state index contributed by atoms with van der Waals surface area (Å²) in [7, 11) is 0. The van der Waals surface area contributed by atoms with Crippen LogP contribution in [0.5, 0.6) is 0 Å². The molecule has 0 saturated heterocycles. The Morgan fingerprint density at radius 1 is 1.25 bits per heavy atom. The fourth-order valence-electron chi connectivity index (χ4n) is 2.99. The second-order valence-electron chi connectivity index (χ2n) is 6.36. The van der Waals surface area contributed by atoms with Crippen molar-refractivity contribution < 1.29 is 4.79 Å². The minimum atomic E-state index is -0.686. The Labute approximate surface area is 121 Å². The van der Waals surface area contributed by atoms with Crippen LogP contribution in [0.3, 0.4) is 0 Å². The van der Waals surface area contributed by atoms with E-state index < -0.39 is 5.54 Å². The van der Waals surface area contributed by atoms with E-state index in [0.29, 0.717) is 5.92 Å². The molecule has 0 aliphatic heterocycles. The van der Waals surface area contributed by atoms with E-state index in [-0.39, 0.29) is 5.91 Å². The Bertz CT molecular complexity index is 488. The molecule has 110 valence electrons. The summed E-state index contributed by atoms with van der Waals surface area (Å²) in [4.78, 5) is 12.6. The minimum absolute atomic E-state index is 0.0200. The molecule has 0 radical (unpaired) electrons. The maximum absolute atomic E-state index is 12.6. The summed E-state index contributed by atoms with van der Waals surface area (Å²) in [5, 5.41) is 3.11. The van der Waals surface area contributed by atoms with Gasteiger partial charge in [-0.25, -0.2) is 0 Å². The third-order valence-electron chi connectivity index (χ3n) is 4.36. The zero-order valence-electron chi connectivity index (χ0n) is 12.8. The second-order valence-corrected chi connectivity index (χ2v) is 6.36. The fourth-order valence-corrected chi connectivity index (χ4v) is 2.99. The van der Waals surface area contributed by atoms with E-state index >= 15 is 0 Å². The van der Waals surface area contributed by atoms with E-state index in [0.717, 1.165) is 36.9 Å². The van der Waals surface area contributed by atoms with Gasteiger partial charge in [-0.3, -0.25) is 4.79 Å². The lowest BCUT2D eigenvalue weighted by atomic mass is 9.81. The zero-order valence-corrected chi connectivity index (χ0v) is 12.8. The van der Waals surface area contributed by atoms with Gasteiger partial charge in [-0.15, -0.1) is 0 Å². The Kier molecular flexibility index (Phi) is 4.48. The summed E-state index contributed by atoms with van der Waals surface area (Å²) in [6.45, 7) is 6.32. The van der Waals surface area contributed by atoms with Crippen LogP contribution < -0.4 is 11.1 Å². The van der Waals surface area contributed by atoms with Gasteiger partial charge in [-0.1, -0.05) is 51.3 Å². The third-order valence-corrected chi connectivity index (χ3v) is 4.36. The quantitative estimate of drug-likeness (QED) is 0.882. The van der Waals surface area contributed by atoms with Gasteiger partial charge in [0.05, 0.1) is 5.54 Å². The lowest BCUT2D eigenvalue weighted by Gasteiger charge is -2.32. The molecule has 0 spiro atoms. The van der Waals surface area contributed by atoms with E-state index in [1.807, 2.05) is 19.1 Å². The van der Waals surface area contributed by atoms with E-state index in [1.54, 1.807) is 0 Å². The number of benzene rings is 1. The highest BCUT2D eigenvalue weighted by molar-refractivity contribution is 5.99. The number of aryl methyl sites for hydroxylation is 1. The SMILES string of the molecule is Cc1cccc(C(C)C)c1NC(=O)C1(N)CCCCC1. The highest BCUT2D eigenvalue weighted by Gasteiger charge is 2.35. The molecule has 3 nitrogen and oxygen atoms in total. The first-order valence-corrected chi connectivity index (χ1v) is 7.64. The molecule has 0 bridgehead atoms. The van der Waals surface area contributed by atoms with Crippen LogP contribution in [0.4, 0.5) is 5.69 Å². The van der Waals surface area contributed by atoms with Gasteiger partial charge in [0, 0.05) is 5.69 Å². The molecule has 1 aromatic carbocycles. The molecule has 0 heterocycles. The maximum Gasteiger partial charge on any atom is 0.244 e. The number of hydrogen-bond acceptors (Lipinski definition) is 2. The number of carbonyl (C=O) groups is 1. The molecule has 20 heavy (non-hydrogen) atoms. The molecule has 0 unspecified atom stereocenters. The number of nitrogens with two attached hydrogens (primary N) is 1. The van der Waals surface area contributed by atoms with Crippen molar-refractivity contribution in [3.8, 4) is 0 Å². The van der Waals surface area contributed by atoms with Crippen LogP contribution in [0.2, 0.25) is 0 Å². The van der Waals surface area contributed by atoms with E-state index in [2.05, 4.69) is 25.2 Å². The smallest absolute Gasteiger partial charge is 0.244 e. The summed E-state index contributed by atoms with van der Waals surface area (Å²) in [5.41, 5.74) is 8.86. The molecular formula is C17H26N2O. The molecule has 3 N–H and O–H groups in total. The predicted octanol–water partition coefficient (Wildman–Crippen LogP) is 3.72. The highest BCUT2D eigenvalue weighted by Crippen LogP contribution is 2.31. The van der Waals surface area contributed by atoms with Gasteiger partial charge < -0.3 is 11.1 Å². The first-order valence-electron chi connectivity index (χ1n) is 7.64. The van der Waals surface area contributed by atoms with Crippen LogP contribution in [-0.2, 0) is 4.79 Å². The number of para-hydroxylation sites is 1. The number of anilines is 1. The van der Waals surface area contributed by atoms with Gasteiger partial charge in [0.25, 0.3) is 0 Å². The number of rotatable bonds is 3. The van der Waals surface area contributed by atoms with Crippen molar-refractivity contribution in [2.45, 2.75) is 64.3 Å². The largest absolute Gasteiger partial charge is 0.324 e. The molecular weight excluding hydrogens is 248 g/mol. The van der Waals surface area contributed by atoms with Gasteiger partial charge in [0.2, 0.25) is 5.91 Å². The number of carbonyl (C=O) groups excluding carboxylic acids is 1. The Balaban J connectivity index is 2.23. The minimum Gasteiger partial charge on any atom is -0.324 e. The lowest BCUT2D eigenvalue weighted by molar-refractivity contribution is -0.122. The summed E-state index contributed by atoms with van der Waals surface area (Å²) >= 11 is 0. The molecule has 1 aliphatic carbocycles. The molecule has 1 saturated carbocycles. The summed E-state index contributed by atoms with van der Waals surface area (Å²) < 4.78 is 0. The first-order chi connectivity index (χ1) is 9.44. The van der Waals surface area contributed by atoms with Crippen molar-refractivity contribution in [2.75, 3.05) is 5.32 Å². The van der Waals surface area contributed by atoms with Gasteiger partial charge in [0.15, 0.2) is 0 Å². The van der Waals surface area contributed by atoms with E-state index in [1.165, 1.54) is 12.0 Å². The second kappa shape index (κ2) is 5.96. The monoisotopic (exact) mass is 274 g/mol. The molecule has 2 rings (SSSR count).